The van der Waals surface area contributed by atoms with Gasteiger partial charge in [0.1, 0.15) is 0 Å². The average Bonchev–Trinajstić information content (AvgIpc) is 2.40. The second-order valence-corrected chi connectivity index (χ2v) is 4.20. The number of benzene rings is 2. The first kappa shape index (κ1) is 11.6. The van der Waals surface area contributed by atoms with Crippen LogP contribution in [-0.4, -0.2) is 0 Å². The van der Waals surface area contributed by atoms with Crippen LogP contribution in [0.4, 0.5) is 5.69 Å². The van der Waals surface area contributed by atoms with Gasteiger partial charge in [-0.2, -0.15) is 0 Å². The Labute approximate surface area is 105 Å². The van der Waals surface area contributed by atoms with Gasteiger partial charge in [-0.1, -0.05) is 43.0 Å². The van der Waals surface area contributed by atoms with Gasteiger partial charge in [0.25, 0.3) is 0 Å². The minimum absolute atomic E-state index is 0.839. The maximum Gasteiger partial charge on any atom is 0.0869 e. The maximum atomic E-state index is 4.15. The molecule has 0 saturated heterocycles. The molecule has 2 nitrogen and oxygen atoms in total. The van der Waals surface area contributed by atoms with Crippen LogP contribution in [0.3, 0.4) is 0 Å². The van der Waals surface area contributed by atoms with Gasteiger partial charge in [-0.05, 0) is 29.8 Å². The Morgan fingerprint density at radius 1 is 1.00 bits per heavy atom. The summed E-state index contributed by atoms with van der Waals surface area (Å²) < 4.78 is 4.09. The molecule has 0 aliphatic rings. The van der Waals surface area contributed by atoms with Crippen molar-refractivity contribution in [1.82, 2.24) is 0 Å². The molecule has 0 atom stereocenters. The molecule has 0 amide bonds. The summed E-state index contributed by atoms with van der Waals surface area (Å²) in [6.45, 7) is 3.72. The van der Waals surface area contributed by atoms with E-state index >= 15 is 0 Å². The molecule has 17 heavy (non-hydrogen) atoms. The molecular weight excluding hydrogens is 228 g/mol. The number of hydrogen-bond donors (Lipinski definition) is 0. The molecule has 0 saturated carbocycles. The third kappa shape index (κ3) is 3.57. The summed E-state index contributed by atoms with van der Waals surface area (Å²) in [7, 11) is 0. The van der Waals surface area contributed by atoms with Gasteiger partial charge in [0, 0.05) is 16.8 Å². The zero-order valence-electron chi connectivity index (χ0n) is 9.28. The first-order valence-corrected chi connectivity index (χ1v) is 6.01. The highest BCUT2D eigenvalue weighted by molar-refractivity contribution is 7.97. The quantitative estimate of drug-likeness (QED) is 0.537. The van der Waals surface area contributed by atoms with Crippen molar-refractivity contribution < 1.29 is 0 Å². The summed E-state index contributed by atoms with van der Waals surface area (Å²) in [6, 6.07) is 17.7. The van der Waals surface area contributed by atoms with Gasteiger partial charge in [0.2, 0.25) is 0 Å². The average molecular weight is 240 g/mol. The van der Waals surface area contributed by atoms with Crippen molar-refractivity contribution in [2.75, 3.05) is 0 Å². The first-order valence-electron chi connectivity index (χ1n) is 5.24. The number of hydrogen-bond acceptors (Lipinski definition) is 3. The summed E-state index contributed by atoms with van der Waals surface area (Å²) in [5, 5.41) is 4.15. The highest BCUT2D eigenvalue weighted by Crippen LogP contribution is 2.22. The third-order valence-corrected chi connectivity index (χ3v) is 2.80. The lowest BCUT2D eigenvalue weighted by molar-refractivity contribution is 1.32. The largest absolute Gasteiger partial charge is 0.143 e. The van der Waals surface area contributed by atoms with Gasteiger partial charge >= 0.3 is 0 Å². The summed E-state index contributed by atoms with van der Waals surface area (Å²) >= 11 is 1.36. The van der Waals surface area contributed by atoms with Crippen LogP contribution in [0.5, 0.6) is 0 Å². The predicted molar refractivity (Wildman–Crippen MR) is 73.3 cm³/mol. The Kier molecular flexibility index (Phi) is 4.11. The lowest BCUT2D eigenvalue weighted by atomic mass is 10.2. The summed E-state index contributed by atoms with van der Waals surface area (Å²) in [4.78, 5) is 1.08. The highest BCUT2D eigenvalue weighted by atomic mass is 32.2. The fraction of sp³-hybridized carbons (Fsp3) is 0. The zero-order chi connectivity index (χ0) is 11.9. The molecule has 0 aliphatic heterocycles. The predicted octanol–water partition coefficient (Wildman–Crippen LogP) is 5.12. The van der Waals surface area contributed by atoms with Crippen molar-refractivity contribution in [3.05, 3.63) is 66.7 Å². The second-order valence-electron chi connectivity index (χ2n) is 3.39. The molecule has 0 heterocycles. The molecule has 0 fully saturated rings. The number of rotatable bonds is 4. The van der Waals surface area contributed by atoms with E-state index in [4.69, 9.17) is 0 Å². The van der Waals surface area contributed by atoms with Gasteiger partial charge < -0.3 is 0 Å². The molecule has 84 valence electrons. The standard InChI is InChI=1S/C14H12N2S/c1-2-12-7-6-8-13(11-12)15-16-17-14-9-4-3-5-10-14/h2-11H,1H2. The van der Waals surface area contributed by atoms with Crippen LogP contribution >= 0.6 is 11.9 Å². The minimum atomic E-state index is 0.839. The smallest absolute Gasteiger partial charge is 0.0869 e. The lowest BCUT2D eigenvalue weighted by Crippen LogP contribution is -1.69. The van der Waals surface area contributed by atoms with Crippen molar-refractivity contribution in [3.63, 3.8) is 0 Å². The van der Waals surface area contributed by atoms with Crippen LogP contribution in [0.25, 0.3) is 6.08 Å². The molecule has 2 rings (SSSR count). The van der Waals surface area contributed by atoms with Crippen LogP contribution in [0, 0.1) is 0 Å². The SMILES string of the molecule is C=Cc1cccc(N=NSc2ccccc2)c1. The molecule has 2 aromatic carbocycles. The van der Waals surface area contributed by atoms with Gasteiger partial charge in [-0.15, -0.1) is 9.63 Å². The van der Waals surface area contributed by atoms with E-state index in [-0.39, 0.29) is 0 Å². The second kappa shape index (κ2) is 6.01. The van der Waals surface area contributed by atoms with Crippen molar-refractivity contribution in [1.29, 1.82) is 0 Å². The van der Waals surface area contributed by atoms with Gasteiger partial charge in [-0.3, -0.25) is 0 Å². The molecule has 2 aromatic rings. The van der Waals surface area contributed by atoms with E-state index in [1.807, 2.05) is 54.6 Å². The van der Waals surface area contributed by atoms with Crippen molar-refractivity contribution in [3.8, 4) is 0 Å². The van der Waals surface area contributed by atoms with E-state index in [9.17, 15) is 0 Å². The van der Waals surface area contributed by atoms with Crippen LogP contribution in [0.15, 0.2) is 75.7 Å². The summed E-state index contributed by atoms with van der Waals surface area (Å²) in [5.41, 5.74) is 1.89. The Hall–Kier alpha value is -1.87. The Morgan fingerprint density at radius 3 is 2.59 bits per heavy atom. The fourth-order valence-electron chi connectivity index (χ4n) is 1.31. The zero-order valence-corrected chi connectivity index (χ0v) is 10.1. The van der Waals surface area contributed by atoms with Crippen LogP contribution < -0.4 is 0 Å². The van der Waals surface area contributed by atoms with Crippen molar-refractivity contribution >= 4 is 23.7 Å². The van der Waals surface area contributed by atoms with E-state index in [0.29, 0.717) is 0 Å². The normalized spacial score (nSPS) is 10.6. The maximum absolute atomic E-state index is 4.15. The monoisotopic (exact) mass is 240 g/mol. The molecule has 0 radical (unpaired) electrons. The molecule has 0 N–H and O–H groups in total. The molecule has 0 aromatic heterocycles. The Balaban J connectivity index is 2.03. The van der Waals surface area contributed by atoms with Gasteiger partial charge in [0.05, 0.1) is 5.69 Å². The molecule has 0 unspecified atom stereocenters. The first-order chi connectivity index (χ1) is 8.38. The molecule has 3 heteroatoms. The van der Waals surface area contributed by atoms with E-state index in [0.717, 1.165) is 16.1 Å². The highest BCUT2D eigenvalue weighted by Gasteiger charge is 1.92. The van der Waals surface area contributed by atoms with E-state index < -0.39 is 0 Å². The number of nitrogens with zero attached hydrogens (tertiary/aromatic N) is 2. The summed E-state index contributed by atoms with van der Waals surface area (Å²) in [6.07, 6.45) is 1.79. The van der Waals surface area contributed by atoms with Gasteiger partial charge in [0.15, 0.2) is 0 Å². The van der Waals surface area contributed by atoms with Gasteiger partial charge in [-0.25, -0.2) is 0 Å². The Bertz CT molecular complexity index is 521. The van der Waals surface area contributed by atoms with E-state index in [1.165, 1.54) is 11.9 Å². The van der Waals surface area contributed by atoms with Crippen LogP contribution in [0.1, 0.15) is 5.56 Å². The van der Waals surface area contributed by atoms with E-state index in [1.54, 1.807) is 6.08 Å². The molecule has 0 bridgehead atoms. The fourth-order valence-corrected chi connectivity index (χ4v) is 1.82. The minimum Gasteiger partial charge on any atom is -0.143 e. The van der Waals surface area contributed by atoms with Crippen LogP contribution in [-0.2, 0) is 0 Å². The van der Waals surface area contributed by atoms with Crippen LogP contribution in [0.2, 0.25) is 0 Å². The lowest BCUT2D eigenvalue weighted by Gasteiger charge is -1.95. The summed E-state index contributed by atoms with van der Waals surface area (Å²) in [5.74, 6) is 0. The molecular formula is C14H12N2S. The van der Waals surface area contributed by atoms with E-state index in [2.05, 4.69) is 16.2 Å². The topological polar surface area (TPSA) is 24.7 Å². The molecule has 0 aliphatic carbocycles. The third-order valence-electron chi connectivity index (χ3n) is 2.15. The van der Waals surface area contributed by atoms with Crippen molar-refractivity contribution in [2.45, 2.75) is 4.90 Å². The van der Waals surface area contributed by atoms with Crippen molar-refractivity contribution in [2.24, 2.45) is 9.63 Å². The Morgan fingerprint density at radius 2 is 1.82 bits per heavy atom. The molecule has 0 spiro atoms.